The minimum absolute atomic E-state index is 0.593. The molecule has 0 aliphatic carbocycles. The van der Waals surface area contributed by atoms with E-state index in [2.05, 4.69) is 152 Å². The number of benzene rings is 9. The van der Waals surface area contributed by atoms with E-state index >= 15 is 0 Å². The highest BCUT2D eigenvalue weighted by molar-refractivity contribution is 6.23. The second-order valence-corrected chi connectivity index (χ2v) is 14.0. The summed E-state index contributed by atoms with van der Waals surface area (Å²) in [5.74, 6) is 1.81. The average molecular weight is 702 g/mol. The summed E-state index contributed by atoms with van der Waals surface area (Å²) in [6, 6.07) is 65.8. The molecule has 0 N–H and O–H groups in total. The van der Waals surface area contributed by atoms with E-state index in [4.69, 9.17) is 19.4 Å². The van der Waals surface area contributed by atoms with Crippen molar-refractivity contribution in [2.75, 3.05) is 0 Å². The number of rotatable bonds is 5. The highest BCUT2D eigenvalue weighted by Crippen LogP contribution is 2.40. The van der Waals surface area contributed by atoms with Gasteiger partial charge in [0, 0.05) is 27.5 Å². The minimum atomic E-state index is 0.593. The first-order valence-electron chi connectivity index (χ1n) is 18.5. The Morgan fingerprint density at radius 3 is 1.67 bits per heavy atom. The summed E-state index contributed by atoms with van der Waals surface area (Å²) < 4.78 is 6.29. The quantitative estimate of drug-likeness (QED) is 0.168. The van der Waals surface area contributed by atoms with Crippen molar-refractivity contribution in [3.05, 3.63) is 188 Å². The van der Waals surface area contributed by atoms with Gasteiger partial charge in [-0.05, 0) is 84.9 Å². The monoisotopic (exact) mass is 701 g/mol. The summed E-state index contributed by atoms with van der Waals surface area (Å²) >= 11 is 0. The fraction of sp³-hybridized carbons (Fsp3) is 0. The molecule has 0 unspecified atom stereocenters. The second kappa shape index (κ2) is 12.6. The Kier molecular flexibility index (Phi) is 7.14. The van der Waals surface area contributed by atoms with Gasteiger partial charge < -0.3 is 4.42 Å². The van der Waals surface area contributed by atoms with E-state index in [-0.39, 0.29) is 0 Å². The summed E-state index contributed by atoms with van der Waals surface area (Å²) in [7, 11) is 0. The predicted molar refractivity (Wildman–Crippen MR) is 227 cm³/mol. The largest absolute Gasteiger partial charge is 0.456 e. The lowest BCUT2D eigenvalue weighted by Crippen LogP contribution is -2.00. The van der Waals surface area contributed by atoms with Crippen molar-refractivity contribution in [3.8, 4) is 56.4 Å². The lowest BCUT2D eigenvalue weighted by molar-refractivity contribution is 0.669. The summed E-state index contributed by atoms with van der Waals surface area (Å²) in [6.45, 7) is 0. The molecule has 0 aliphatic heterocycles. The molecule has 0 bridgehead atoms. The van der Waals surface area contributed by atoms with Gasteiger partial charge in [-0.2, -0.15) is 0 Å². The van der Waals surface area contributed by atoms with Gasteiger partial charge in [-0.15, -0.1) is 0 Å². The Morgan fingerprint density at radius 1 is 0.291 bits per heavy atom. The number of nitrogens with zero attached hydrogens (tertiary/aromatic N) is 3. The summed E-state index contributed by atoms with van der Waals surface area (Å²) in [5.41, 5.74) is 8.86. The Balaban J connectivity index is 1.13. The molecule has 0 spiro atoms. The number of para-hydroxylation sites is 1. The van der Waals surface area contributed by atoms with E-state index in [0.717, 1.165) is 55.3 Å². The molecule has 0 fully saturated rings. The number of aromatic nitrogens is 3. The molecule has 2 heterocycles. The minimum Gasteiger partial charge on any atom is -0.456 e. The number of hydrogen-bond acceptors (Lipinski definition) is 4. The molecular weight excluding hydrogens is 671 g/mol. The third-order valence-electron chi connectivity index (χ3n) is 10.7. The van der Waals surface area contributed by atoms with Crippen molar-refractivity contribution < 1.29 is 4.42 Å². The zero-order valence-corrected chi connectivity index (χ0v) is 29.6. The SMILES string of the molecule is c1ccc(-c2cccc(-c3nc(-c4cccc(-c5cc6ccc7ccccc7c6c6ccccc56)c4)nc(-c4cccc5oc6ccccc6c45)n3)c2)cc1. The summed E-state index contributed by atoms with van der Waals surface area (Å²) in [5, 5.41) is 9.45. The average Bonchev–Trinajstić information content (AvgIpc) is 3.65. The van der Waals surface area contributed by atoms with Gasteiger partial charge in [-0.1, -0.05) is 158 Å². The lowest BCUT2D eigenvalue weighted by atomic mass is 9.90. The van der Waals surface area contributed by atoms with E-state index in [1.165, 1.54) is 37.9 Å². The fourth-order valence-corrected chi connectivity index (χ4v) is 8.13. The third-order valence-corrected chi connectivity index (χ3v) is 10.7. The first-order chi connectivity index (χ1) is 27.2. The first-order valence-corrected chi connectivity index (χ1v) is 18.5. The van der Waals surface area contributed by atoms with Gasteiger partial charge in [0.1, 0.15) is 11.2 Å². The molecule has 0 amide bonds. The van der Waals surface area contributed by atoms with Crippen molar-refractivity contribution >= 4 is 54.3 Å². The van der Waals surface area contributed by atoms with Crippen LogP contribution in [0.3, 0.4) is 0 Å². The van der Waals surface area contributed by atoms with Crippen LogP contribution >= 0.6 is 0 Å². The third kappa shape index (κ3) is 5.26. The van der Waals surface area contributed by atoms with Gasteiger partial charge in [0.05, 0.1) is 0 Å². The van der Waals surface area contributed by atoms with Crippen LogP contribution in [-0.4, -0.2) is 15.0 Å². The van der Waals surface area contributed by atoms with Crippen LogP contribution in [0.15, 0.2) is 192 Å². The van der Waals surface area contributed by atoms with Crippen molar-refractivity contribution in [2.24, 2.45) is 0 Å². The molecule has 0 saturated carbocycles. The molecule has 4 heteroatoms. The van der Waals surface area contributed by atoms with Crippen LogP contribution in [-0.2, 0) is 0 Å². The predicted octanol–water partition coefficient (Wildman–Crippen LogP) is 13.6. The van der Waals surface area contributed by atoms with Crippen molar-refractivity contribution in [1.29, 1.82) is 0 Å². The smallest absolute Gasteiger partial charge is 0.164 e. The second-order valence-electron chi connectivity index (χ2n) is 14.0. The van der Waals surface area contributed by atoms with Gasteiger partial charge >= 0.3 is 0 Å². The van der Waals surface area contributed by atoms with Gasteiger partial charge in [0.25, 0.3) is 0 Å². The maximum Gasteiger partial charge on any atom is 0.164 e. The van der Waals surface area contributed by atoms with Crippen LogP contribution in [0, 0.1) is 0 Å². The zero-order valence-electron chi connectivity index (χ0n) is 29.6. The maximum atomic E-state index is 6.29. The summed E-state index contributed by atoms with van der Waals surface area (Å²) in [4.78, 5) is 15.6. The Bertz CT molecular complexity index is 3270. The van der Waals surface area contributed by atoms with E-state index in [9.17, 15) is 0 Å². The lowest BCUT2D eigenvalue weighted by Gasteiger charge is -2.14. The number of fused-ring (bicyclic) bond motifs is 8. The fourth-order valence-electron chi connectivity index (χ4n) is 8.13. The molecule has 9 aromatic carbocycles. The van der Waals surface area contributed by atoms with E-state index < -0.39 is 0 Å². The number of furan rings is 1. The van der Waals surface area contributed by atoms with Crippen molar-refractivity contribution in [2.45, 2.75) is 0 Å². The molecular formula is C51H31N3O. The number of hydrogen-bond donors (Lipinski definition) is 0. The Hall–Kier alpha value is -7.43. The zero-order chi connectivity index (χ0) is 36.3. The van der Waals surface area contributed by atoms with Gasteiger partial charge in [-0.25, -0.2) is 15.0 Å². The van der Waals surface area contributed by atoms with Crippen LogP contribution in [0.5, 0.6) is 0 Å². The normalized spacial score (nSPS) is 11.6. The van der Waals surface area contributed by atoms with E-state index in [1.807, 2.05) is 36.4 Å². The molecule has 0 saturated heterocycles. The van der Waals surface area contributed by atoms with Gasteiger partial charge in [-0.3, -0.25) is 0 Å². The molecule has 55 heavy (non-hydrogen) atoms. The van der Waals surface area contributed by atoms with Gasteiger partial charge in [0.2, 0.25) is 0 Å². The summed E-state index contributed by atoms with van der Waals surface area (Å²) in [6.07, 6.45) is 0. The molecule has 11 aromatic rings. The van der Waals surface area contributed by atoms with Crippen LogP contribution in [0.25, 0.3) is 111 Å². The van der Waals surface area contributed by atoms with Crippen molar-refractivity contribution in [1.82, 2.24) is 15.0 Å². The molecule has 11 rings (SSSR count). The highest BCUT2D eigenvalue weighted by atomic mass is 16.3. The van der Waals surface area contributed by atoms with Crippen LogP contribution < -0.4 is 0 Å². The van der Waals surface area contributed by atoms with Crippen LogP contribution in [0.2, 0.25) is 0 Å². The maximum absolute atomic E-state index is 6.29. The van der Waals surface area contributed by atoms with Crippen LogP contribution in [0.1, 0.15) is 0 Å². The van der Waals surface area contributed by atoms with Crippen molar-refractivity contribution in [3.63, 3.8) is 0 Å². The Morgan fingerprint density at radius 2 is 0.855 bits per heavy atom. The molecule has 0 atom stereocenters. The molecule has 0 aliphatic rings. The van der Waals surface area contributed by atoms with Gasteiger partial charge in [0.15, 0.2) is 17.5 Å². The van der Waals surface area contributed by atoms with Crippen LogP contribution in [0.4, 0.5) is 0 Å². The molecule has 256 valence electrons. The highest BCUT2D eigenvalue weighted by Gasteiger charge is 2.19. The molecule has 4 nitrogen and oxygen atoms in total. The standard InChI is InChI=1S/C51H31N3O/c1-2-13-32(14-3-1)34-16-10-18-37(29-34)49-52-50(54-51(53-49)43-24-12-26-46-48(43)42-23-8-9-25-45(42)55-46)38-19-11-17-35(30-38)44-31-36-28-27-33-15-4-5-20-39(33)47(36)41-22-7-6-21-40(41)44/h1-31H. The molecule has 0 radical (unpaired) electrons. The van der Waals surface area contributed by atoms with E-state index in [1.54, 1.807) is 0 Å². The Labute approximate surface area is 317 Å². The first kappa shape index (κ1) is 31.1. The van der Waals surface area contributed by atoms with E-state index in [0.29, 0.717) is 17.5 Å². The molecule has 2 aromatic heterocycles. The topological polar surface area (TPSA) is 51.8 Å².